The molecule has 0 radical (unpaired) electrons. The summed E-state index contributed by atoms with van der Waals surface area (Å²) >= 11 is 13.7. The number of aliphatic imine (C=N–C) groups is 1. The minimum absolute atomic E-state index is 0. The molecule has 3 nitrogen and oxygen atoms in total. The van der Waals surface area contributed by atoms with Gasteiger partial charge in [-0.1, -0.05) is 29.3 Å². The Bertz CT molecular complexity index is 416. The maximum Gasteiger partial charge on any atom is 0.191 e. The number of nitrogens with one attached hydrogen (secondary N) is 2. The Labute approximate surface area is 145 Å². The molecule has 0 saturated carbocycles. The number of rotatable bonds is 5. The second-order valence-corrected chi connectivity index (χ2v) is 5.41. The molecule has 1 aromatic rings. The molecule has 0 aliphatic carbocycles. The molecule has 0 atom stereocenters. The highest BCUT2D eigenvalue weighted by Crippen LogP contribution is 2.20. The first-order valence-electron chi connectivity index (χ1n) is 5.54. The van der Waals surface area contributed by atoms with Gasteiger partial charge in [0.1, 0.15) is 0 Å². The van der Waals surface area contributed by atoms with Crippen molar-refractivity contribution >= 4 is 64.9 Å². The van der Waals surface area contributed by atoms with Gasteiger partial charge in [0.2, 0.25) is 0 Å². The lowest BCUT2D eigenvalue weighted by Gasteiger charge is -2.12. The van der Waals surface area contributed by atoms with E-state index in [1.807, 2.05) is 12.1 Å². The molecule has 0 aliphatic rings. The maximum absolute atomic E-state index is 6.09. The summed E-state index contributed by atoms with van der Waals surface area (Å²) in [5.74, 6) is 1.82. The number of hydrogen-bond acceptors (Lipinski definition) is 2. The first kappa shape index (κ1) is 19.1. The molecule has 0 saturated heterocycles. The van der Waals surface area contributed by atoms with E-state index in [2.05, 4.69) is 21.9 Å². The van der Waals surface area contributed by atoms with Crippen molar-refractivity contribution in [2.75, 3.05) is 25.6 Å². The summed E-state index contributed by atoms with van der Waals surface area (Å²) < 4.78 is 0. The van der Waals surface area contributed by atoms with Crippen LogP contribution in [0.25, 0.3) is 0 Å². The van der Waals surface area contributed by atoms with Gasteiger partial charge in [0.05, 0.1) is 0 Å². The second-order valence-electron chi connectivity index (χ2n) is 3.58. The highest BCUT2D eigenvalue weighted by molar-refractivity contribution is 14.0. The van der Waals surface area contributed by atoms with Crippen LogP contribution < -0.4 is 10.6 Å². The lowest BCUT2D eigenvalue weighted by Crippen LogP contribution is -2.37. The molecule has 19 heavy (non-hydrogen) atoms. The molecule has 7 heteroatoms. The van der Waals surface area contributed by atoms with Gasteiger partial charge in [0.25, 0.3) is 0 Å². The van der Waals surface area contributed by atoms with Crippen LogP contribution in [0.2, 0.25) is 10.0 Å². The Morgan fingerprint density at radius 1 is 1.32 bits per heavy atom. The van der Waals surface area contributed by atoms with Gasteiger partial charge in [-0.05, 0) is 24.0 Å². The van der Waals surface area contributed by atoms with E-state index in [4.69, 9.17) is 23.2 Å². The van der Waals surface area contributed by atoms with E-state index in [1.54, 1.807) is 24.9 Å². The maximum atomic E-state index is 6.09. The summed E-state index contributed by atoms with van der Waals surface area (Å²) in [7, 11) is 1.75. The third-order valence-corrected chi connectivity index (χ3v) is 3.48. The van der Waals surface area contributed by atoms with Crippen molar-refractivity contribution in [3.63, 3.8) is 0 Å². The highest BCUT2D eigenvalue weighted by atomic mass is 127. The van der Waals surface area contributed by atoms with Crippen LogP contribution in [0.5, 0.6) is 0 Å². The lowest BCUT2D eigenvalue weighted by atomic mass is 10.2. The van der Waals surface area contributed by atoms with Gasteiger partial charge < -0.3 is 10.6 Å². The van der Waals surface area contributed by atoms with Gasteiger partial charge >= 0.3 is 0 Å². The minimum Gasteiger partial charge on any atom is -0.356 e. The van der Waals surface area contributed by atoms with Crippen molar-refractivity contribution in [3.8, 4) is 0 Å². The van der Waals surface area contributed by atoms with Crippen LogP contribution >= 0.6 is 58.9 Å². The van der Waals surface area contributed by atoms with E-state index in [0.717, 1.165) is 23.8 Å². The van der Waals surface area contributed by atoms with Gasteiger partial charge in [-0.2, -0.15) is 11.8 Å². The number of hydrogen-bond donors (Lipinski definition) is 2. The molecule has 0 aliphatic heterocycles. The molecule has 1 rings (SSSR count). The predicted molar refractivity (Wildman–Crippen MR) is 98.5 cm³/mol. The predicted octanol–water partition coefficient (Wildman–Crippen LogP) is 3.64. The van der Waals surface area contributed by atoms with Crippen molar-refractivity contribution in [2.24, 2.45) is 4.99 Å². The summed E-state index contributed by atoms with van der Waals surface area (Å²) in [4.78, 5) is 4.14. The second kappa shape index (κ2) is 10.9. The first-order chi connectivity index (χ1) is 8.67. The van der Waals surface area contributed by atoms with Crippen LogP contribution in [0.4, 0.5) is 0 Å². The van der Waals surface area contributed by atoms with Gasteiger partial charge in [0, 0.05) is 35.9 Å². The van der Waals surface area contributed by atoms with Gasteiger partial charge in [-0.25, -0.2) is 0 Å². The van der Waals surface area contributed by atoms with Crippen LogP contribution in [0, 0.1) is 0 Å². The number of benzene rings is 1. The molecule has 0 fully saturated rings. The van der Waals surface area contributed by atoms with E-state index < -0.39 is 0 Å². The topological polar surface area (TPSA) is 36.4 Å². The van der Waals surface area contributed by atoms with Gasteiger partial charge in [0.15, 0.2) is 5.96 Å². The number of nitrogens with zero attached hydrogens (tertiary/aromatic N) is 1. The van der Waals surface area contributed by atoms with E-state index in [-0.39, 0.29) is 24.0 Å². The molecule has 1 aromatic carbocycles. The zero-order valence-electron chi connectivity index (χ0n) is 10.9. The average Bonchev–Trinajstić information content (AvgIpc) is 2.35. The van der Waals surface area contributed by atoms with E-state index in [0.29, 0.717) is 16.6 Å². The molecule has 0 unspecified atom stereocenters. The van der Waals surface area contributed by atoms with Crippen LogP contribution in [-0.4, -0.2) is 31.6 Å². The van der Waals surface area contributed by atoms with Crippen LogP contribution in [0.3, 0.4) is 0 Å². The van der Waals surface area contributed by atoms with Gasteiger partial charge in [-0.3, -0.25) is 4.99 Å². The van der Waals surface area contributed by atoms with E-state index >= 15 is 0 Å². The van der Waals surface area contributed by atoms with Crippen molar-refractivity contribution in [3.05, 3.63) is 33.8 Å². The van der Waals surface area contributed by atoms with Crippen molar-refractivity contribution in [1.82, 2.24) is 10.6 Å². The third-order valence-electron chi connectivity index (χ3n) is 2.28. The number of halogens is 3. The van der Waals surface area contributed by atoms with Crippen molar-refractivity contribution in [2.45, 2.75) is 6.54 Å². The first-order valence-corrected chi connectivity index (χ1v) is 7.69. The third kappa shape index (κ3) is 7.48. The molecule has 108 valence electrons. The molecule has 0 amide bonds. The summed E-state index contributed by atoms with van der Waals surface area (Å²) in [6, 6.07) is 5.48. The number of guanidine groups is 1. The Kier molecular flexibility index (Phi) is 11.0. The van der Waals surface area contributed by atoms with Crippen molar-refractivity contribution in [1.29, 1.82) is 0 Å². The fraction of sp³-hybridized carbons (Fsp3) is 0.417. The van der Waals surface area contributed by atoms with E-state index in [9.17, 15) is 0 Å². The Morgan fingerprint density at radius 2 is 2.05 bits per heavy atom. The average molecular weight is 434 g/mol. The van der Waals surface area contributed by atoms with Crippen molar-refractivity contribution < 1.29 is 0 Å². The molecule has 2 N–H and O–H groups in total. The Balaban J connectivity index is 0.00000324. The van der Waals surface area contributed by atoms with Crippen LogP contribution in [0.1, 0.15) is 5.56 Å². The molecular weight excluding hydrogens is 416 g/mol. The van der Waals surface area contributed by atoms with E-state index in [1.165, 1.54) is 0 Å². The van der Waals surface area contributed by atoms with Crippen LogP contribution in [-0.2, 0) is 6.54 Å². The molecular formula is C12H18Cl2IN3S. The standard InChI is InChI=1S/C12H17Cl2N3S.HI/c1-15-12(16-5-6-18-2)17-8-9-3-4-10(13)7-11(9)14;/h3-4,7H,5-6,8H2,1-2H3,(H2,15,16,17);1H. The monoisotopic (exact) mass is 433 g/mol. The lowest BCUT2D eigenvalue weighted by molar-refractivity contribution is 0.833. The summed E-state index contributed by atoms with van der Waals surface area (Å²) in [6.07, 6.45) is 2.07. The highest BCUT2D eigenvalue weighted by Gasteiger charge is 2.02. The summed E-state index contributed by atoms with van der Waals surface area (Å²) in [6.45, 7) is 1.50. The molecule has 0 heterocycles. The fourth-order valence-electron chi connectivity index (χ4n) is 1.34. The largest absolute Gasteiger partial charge is 0.356 e. The quantitative estimate of drug-likeness (QED) is 0.322. The number of thioether (sulfide) groups is 1. The molecule has 0 bridgehead atoms. The summed E-state index contributed by atoms with van der Waals surface area (Å²) in [5, 5.41) is 7.73. The smallest absolute Gasteiger partial charge is 0.191 e. The SMILES string of the molecule is CN=C(NCCSC)NCc1ccc(Cl)cc1Cl.I. The normalized spacial score (nSPS) is 10.8. The fourth-order valence-corrected chi connectivity index (χ4v) is 2.12. The molecule has 0 aromatic heterocycles. The summed E-state index contributed by atoms with van der Waals surface area (Å²) in [5.41, 5.74) is 0.994. The minimum atomic E-state index is 0. The van der Waals surface area contributed by atoms with Gasteiger partial charge in [-0.15, -0.1) is 24.0 Å². The van der Waals surface area contributed by atoms with Crippen LogP contribution in [0.15, 0.2) is 23.2 Å². The Hall–Kier alpha value is 0.150. The molecule has 0 spiro atoms. The zero-order chi connectivity index (χ0) is 13.4. The Morgan fingerprint density at radius 3 is 2.63 bits per heavy atom. The zero-order valence-corrected chi connectivity index (χ0v) is 15.5.